The Balaban J connectivity index is 1.93. The van der Waals surface area contributed by atoms with E-state index in [2.05, 4.69) is 21.0 Å². The van der Waals surface area contributed by atoms with Crippen LogP contribution in [0.1, 0.15) is 15.9 Å². The van der Waals surface area contributed by atoms with Gasteiger partial charge < -0.3 is 0 Å². The van der Waals surface area contributed by atoms with Gasteiger partial charge in [0.05, 0.1) is 17.4 Å². The first kappa shape index (κ1) is 12.8. The Hall–Kier alpha value is -2.20. The van der Waals surface area contributed by atoms with Gasteiger partial charge in [-0.25, -0.2) is 4.68 Å². The maximum atomic E-state index is 12.4. The predicted molar refractivity (Wildman–Crippen MR) is 81.1 cm³/mol. The zero-order valence-corrected chi connectivity index (χ0v) is 12.1. The van der Waals surface area contributed by atoms with Crippen molar-refractivity contribution in [1.29, 1.82) is 0 Å². The lowest BCUT2D eigenvalue weighted by Crippen LogP contribution is -2.00. The molecule has 4 heteroatoms. The molecule has 3 aromatic rings. The molecule has 3 nitrogen and oxygen atoms in total. The number of halogens is 1. The summed E-state index contributed by atoms with van der Waals surface area (Å²) in [5.74, 6) is -0.0338. The topological polar surface area (TPSA) is 34.9 Å². The highest BCUT2D eigenvalue weighted by Gasteiger charge is 2.12. The molecule has 0 atom stereocenters. The van der Waals surface area contributed by atoms with Crippen LogP contribution in [0.3, 0.4) is 0 Å². The molecule has 0 spiro atoms. The molecule has 0 saturated heterocycles. The maximum absolute atomic E-state index is 12.4. The maximum Gasteiger partial charge on any atom is 0.196 e. The van der Waals surface area contributed by atoms with E-state index in [9.17, 15) is 4.79 Å². The summed E-state index contributed by atoms with van der Waals surface area (Å²) < 4.78 is 2.59. The largest absolute Gasteiger partial charge is 0.288 e. The van der Waals surface area contributed by atoms with Gasteiger partial charge >= 0.3 is 0 Å². The lowest BCUT2D eigenvalue weighted by atomic mass is 10.1. The summed E-state index contributed by atoms with van der Waals surface area (Å²) in [5.41, 5.74) is 2.15. The number of ketones is 1. The van der Waals surface area contributed by atoms with Crippen molar-refractivity contribution >= 4 is 21.7 Å². The van der Waals surface area contributed by atoms with Gasteiger partial charge in [0.2, 0.25) is 0 Å². The van der Waals surface area contributed by atoms with Gasteiger partial charge in [0, 0.05) is 16.2 Å². The third kappa shape index (κ3) is 2.56. The van der Waals surface area contributed by atoms with Gasteiger partial charge in [0.1, 0.15) is 0 Å². The van der Waals surface area contributed by atoms with Gasteiger partial charge in [-0.15, -0.1) is 0 Å². The molecule has 0 amide bonds. The van der Waals surface area contributed by atoms with Crippen LogP contribution in [0.4, 0.5) is 0 Å². The molecule has 0 aliphatic carbocycles. The molecule has 0 aliphatic rings. The summed E-state index contributed by atoms with van der Waals surface area (Å²) >= 11 is 3.37. The lowest BCUT2D eigenvalue weighted by molar-refractivity contribution is 0.103. The second kappa shape index (κ2) is 5.43. The minimum absolute atomic E-state index is 0.0338. The summed E-state index contributed by atoms with van der Waals surface area (Å²) in [5, 5.41) is 4.24. The van der Waals surface area contributed by atoms with Gasteiger partial charge in [0.15, 0.2) is 5.78 Å². The van der Waals surface area contributed by atoms with E-state index in [0.717, 1.165) is 10.2 Å². The van der Waals surface area contributed by atoms with Crippen LogP contribution in [0, 0.1) is 0 Å². The minimum Gasteiger partial charge on any atom is -0.288 e. The molecule has 2 aromatic carbocycles. The van der Waals surface area contributed by atoms with E-state index in [4.69, 9.17) is 0 Å². The SMILES string of the molecule is O=C(c1cccc(Br)c1)c1cnn(-c2ccccc2)c1. The Kier molecular flexibility index (Phi) is 3.48. The monoisotopic (exact) mass is 326 g/mol. The normalized spacial score (nSPS) is 10.4. The van der Waals surface area contributed by atoms with Crippen LogP contribution in [0.15, 0.2) is 71.5 Å². The molecule has 20 heavy (non-hydrogen) atoms. The summed E-state index contributed by atoms with van der Waals surface area (Å²) in [6, 6.07) is 17.1. The fraction of sp³-hybridized carbons (Fsp3) is 0. The zero-order valence-electron chi connectivity index (χ0n) is 10.5. The highest BCUT2D eigenvalue weighted by atomic mass is 79.9. The molecule has 0 unspecified atom stereocenters. The second-order valence-electron chi connectivity index (χ2n) is 4.35. The number of hydrogen-bond acceptors (Lipinski definition) is 2. The van der Waals surface area contributed by atoms with Gasteiger partial charge in [-0.1, -0.05) is 46.3 Å². The van der Waals surface area contributed by atoms with Gasteiger partial charge in [-0.3, -0.25) is 4.79 Å². The van der Waals surface area contributed by atoms with Crippen molar-refractivity contribution in [3.63, 3.8) is 0 Å². The number of para-hydroxylation sites is 1. The lowest BCUT2D eigenvalue weighted by Gasteiger charge is -2.00. The highest BCUT2D eigenvalue weighted by molar-refractivity contribution is 9.10. The minimum atomic E-state index is -0.0338. The molecule has 0 aliphatic heterocycles. The third-order valence-corrected chi connectivity index (χ3v) is 3.45. The van der Waals surface area contributed by atoms with Crippen molar-refractivity contribution in [2.75, 3.05) is 0 Å². The number of rotatable bonds is 3. The van der Waals surface area contributed by atoms with E-state index < -0.39 is 0 Å². The molecule has 0 N–H and O–H groups in total. The van der Waals surface area contributed by atoms with Gasteiger partial charge in [-0.05, 0) is 24.3 Å². The molecule has 1 aromatic heterocycles. The van der Waals surface area contributed by atoms with E-state index in [1.54, 1.807) is 23.1 Å². The van der Waals surface area contributed by atoms with Gasteiger partial charge in [-0.2, -0.15) is 5.10 Å². The Morgan fingerprint density at radius 1 is 1.00 bits per heavy atom. The van der Waals surface area contributed by atoms with E-state index in [-0.39, 0.29) is 5.78 Å². The van der Waals surface area contributed by atoms with Crippen molar-refractivity contribution in [3.05, 3.63) is 82.6 Å². The Morgan fingerprint density at radius 3 is 2.55 bits per heavy atom. The molecule has 1 heterocycles. The molecule has 98 valence electrons. The van der Waals surface area contributed by atoms with Crippen LogP contribution >= 0.6 is 15.9 Å². The van der Waals surface area contributed by atoms with E-state index in [0.29, 0.717) is 11.1 Å². The number of carbonyl (C=O) groups is 1. The molecule has 3 rings (SSSR count). The molecule has 0 saturated carbocycles. The van der Waals surface area contributed by atoms with Crippen molar-refractivity contribution in [2.24, 2.45) is 0 Å². The van der Waals surface area contributed by atoms with Crippen molar-refractivity contribution < 1.29 is 4.79 Å². The van der Waals surface area contributed by atoms with E-state index >= 15 is 0 Å². The standard InChI is InChI=1S/C16H11BrN2O/c17-14-6-4-5-12(9-14)16(20)13-10-18-19(11-13)15-7-2-1-3-8-15/h1-11H. The molecular weight excluding hydrogens is 316 g/mol. The quantitative estimate of drug-likeness (QED) is 0.685. The van der Waals surface area contributed by atoms with E-state index in [1.807, 2.05) is 48.5 Å². The molecular formula is C16H11BrN2O. The number of nitrogens with zero attached hydrogens (tertiary/aromatic N) is 2. The average molecular weight is 327 g/mol. The highest BCUT2D eigenvalue weighted by Crippen LogP contribution is 2.16. The average Bonchev–Trinajstić information content (AvgIpc) is 2.97. The summed E-state index contributed by atoms with van der Waals surface area (Å²) in [7, 11) is 0. The first-order valence-electron chi connectivity index (χ1n) is 6.14. The molecule has 0 radical (unpaired) electrons. The van der Waals surface area contributed by atoms with Crippen molar-refractivity contribution in [2.45, 2.75) is 0 Å². The smallest absolute Gasteiger partial charge is 0.196 e. The van der Waals surface area contributed by atoms with Crippen molar-refractivity contribution in [1.82, 2.24) is 9.78 Å². The number of carbonyl (C=O) groups excluding carboxylic acids is 1. The van der Waals surface area contributed by atoms with Crippen LogP contribution in [-0.2, 0) is 0 Å². The number of aromatic nitrogens is 2. The first-order chi connectivity index (χ1) is 9.74. The van der Waals surface area contributed by atoms with Crippen LogP contribution in [0.5, 0.6) is 0 Å². The number of hydrogen-bond donors (Lipinski definition) is 0. The Morgan fingerprint density at radius 2 is 1.80 bits per heavy atom. The second-order valence-corrected chi connectivity index (χ2v) is 5.26. The zero-order chi connectivity index (χ0) is 13.9. The van der Waals surface area contributed by atoms with E-state index in [1.165, 1.54) is 0 Å². The number of benzene rings is 2. The first-order valence-corrected chi connectivity index (χ1v) is 6.94. The van der Waals surface area contributed by atoms with Crippen LogP contribution in [0.25, 0.3) is 5.69 Å². The van der Waals surface area contributed by atoms with Crippen LogP contribution < -0.4 is 0 Å². The third-order valence-electron chi connectivity index (χ3n) is 2.95. The van der Waals surface area contributed by atoms with Crippen LogP contribution in [-0.4, -0.2) is 15.6 Å². The van der Waals surface area contributed by atoms with Crippen LogP contribution in [0.2, 0.25) is 0 Å². The van der Waals surface area contributed by atoms with Crippen molar-refractivity contribution in [3.8, 4) is 5.69 Å². The summed E-state index contributed by atoms with van der Waals surface area (Å²) in [6.07, 6.45) is 3.34. The summed E-state index contributed by atoms with van der Waals surface area (Å²) in [6.45, 7) is 0. The predicted octanol–water partition coefficient (Wildman–Crippen LogP) is 3.87. The summed E-state index contributed by atoms with van der Waals surface area (Å²) in [4.78, 5) is 12.4. The molecule has 0 fully saturated rings. The van der Waals surface area contributed by atoms with Gasteiger partial charge in [0.25, 0.3) is 0 Å². The Labute approximate surface area is 125 Å². The fourth-order valence-electron chi connectivity index (χ4n) is 1.96. The Bertz CT molecular complexity index is 750. The fourth-order valence-corrected chi connectivity index (χ4v) is 2.36. The molecule has 0 bridgehead atoms.